The lowest BCUT2D eigenvalue weighted by Gasteiger charge is -2.27. The van der Waals surface area contributed by atoms with Gasteiger partial charge >= 0.3 is 0 Å². The first-order valence-corrected chi connectivity index (χ1v) is 6.78. The van der Waals surface area contributed by atoms with Crippen molar-refractivity contribution in [3.8, 4) is 17.6 Å². The van der Waals surface area contributed by atoms with Gasteiger partial charge in [0.05, 0.1) is 6.20 Å². The van der Waals surface area contributed by atoms with Gasteiger partial charge in [-0.25, -0.2) is 0 Å². The van der Waals surface area contributed by atoms with E-state index in [0.29, 0.717) is 12.6 Å². The van der Waals surface area contributed by atoms with Crippen LogP contribution in [0.5, 0.6) is 5.75 Å². The van der Waals surface area contributed by atoms with E-state index in [0.717, 1.165) is 23.4 Å². The van der Waals surface area contributed by atoms with Gasteiger partial charge in [0, 0.05) is 23.4 Å². The second-order valence-corrected chi connectivity index (χ2v) is 4.78. The van der Waals surface area contributed by atoms with Crippen molar-refractivity contribution in [1.29, 1.82) is 0 Å². The summed E-state index contributed by atoms with van der Waals surface area (Å²) in [4.78, 5) is 4.17. The van der Waals surface area contributed by atoms with Crippen LogP contribution in [0.4, 0.5) is 0 Å². The van der Waals surface area contributed by atoms with Gasteiger partial charge < -0.3 is 10.1 Å². The molecule has 2 heterocycles. The molecule has 20 heavy (non-hydrogen) atoms. The second-order valence-electron chi connectivity index (χ2n) is 4.78. The maximum Gasteiger partial charge on any atom is 0.138 e. The maximum atomic E-state index is 5.71. The predicted octanol–water partition coefficient (Wildman–Crippen LogP) is 2.22. The van der Waals surface area contributed by atoms with Gasteiger partial charge in [-0.2, -0.15) is 0 Å². The van der Waals surface area contributed by atoms with Crippen molar-refractivity contribution in [3.63, 3.8) is 0 Å². The largest absolute Gasteiger partial charge is 0.490 e. The number of nitrogens with zero attached hydrogens (tertiary/aromatic N) is 1. The molecule has 1 unspecified atom stereocenters. The summed E-state index contributed by atoms with van der Waals surface area (Å²) < 4.78 is 5.71. The summed E-state index contributed by atoms with van der Waals surface area (Å²) in [7, 11) is 0. The predicted molar refractivity (Wildman–Crippen MR) is 78.6 cm³/mol. The number of hydrogen-bond donors (Lipinski definition) is 1. The average molecular weight is 264 g/mol. The normalized spacial score (nSPS) is 16.7. The highest BCUT2D eigenvalue weighted by atomic mass is 16.5. The Labute approximate surface area is 119 Å². The lowest BCUT2D eigenvalue weighted by atomic mass is 10.1. The number of benzene rings is 1. The molecule has 0 bridgehead atoms. The number of ether oxygens (including phenoxy) is 1. The van der Waals surface area contributed by atoms with Crippen molar-refractivity contribution in [1.82, 2.24) is 10.3 Å². The Morgan fingerprint density at radius 1 is 1.15 bits per heavy atom. The summed E-state index contributed by atoms with van der Waals surface area (Å²) in [5.41, 5.74) is 1.87. The molecule has 1 fully saturated rings. The number of rotatable bonds is 3. The lowest BCUT2D eigenvalue weighted by molar-refractivity contribution is 0.217. The van der Waals surface area contributed by atoms with Crippen LogP contribution in [0.3, 0.4) is 0 Å². The highest BCUT2D eigenvalue weighted by molar-refractivity contribution is 5.43. The van der Waals surface area contributed by atoms with Gasteiger partial charge in [-0.05, 0) is 31.2 Å². The molecule has 0 amide bonds. The van der Waals surface area contributed by atoms with E-state index < -0.39 is 0 Å². The van der Waals surface area contributed by atoms with E-state index in [4.69, 9.17) is 4.74 Å². The van der Waals surface area contributed by atoms with E-state index in [1.807, 2.05) is 36.4 Å². The van der Waals surface area contributed by atoms with Crippen LogP contribution < -0.4 is 10.1 Å². The van der Waals surface area contributed by atoms with Crippen LogP contribution in [0.25, 0.3) is 0 Å². The highest BCUT2D eigenvalue weighted by Crippen LogP contribution is 2.12. The third-order valence-electron chi connectivity index (χ3n) is 3.22. The molecule has 1 saturated heterocycles. The van der Waals surface area contributed by atoms with Crippen LogP contribution in [0.2, 0.25) is 0 Å². The fourth-order valence-corrected chi connectivity index (χ4v) is 1.92. The smallest absolute Gasteiger partial charge is 0.138 e. The van der Waals surface area contributed by atoms with Crippen molar-refractivity contribution >= 4 is 0 Å². The van der Waals surface area contributed by atoms with Crippen LogP contribution in [0, 0.1) is 11.8 Å². The van der Waals surface area contributed by atoms with Gasteiger partial charge in [-0.1, -0.05) is 30.0 Å². The molecule has 0 aliphatic carbocycles. The number of aromatic nitrogens is 1. The van der Waals surface area contributed by atoms with Crippen molar-refractivity contribution in [2.45, 2.75) is 12.5 Å². The zero-order valence-corrected chi connectivity index (χ0v) is 11.2. The Morgan fingerprint density at radius 2 is 1.95 bits per heavy atom. The molecule has 3 nitrogen and oxygen atoms in total. The van der Waals surface area contributed by atoms with Gasteiger partial charge in [0.15, 0.2) is 0 Å². The first-order valence-electron chi connectivity index (χ1n) is 6.78. The monoisotopic (exact) mass is 264 g/mol. The van der Waals surface area contributed by atoms with Gasteiger partial charge in [0.2, 0.25) is 0 Å². The SMILES string of the molecule is C(#Cc1cncc(OCC2CCN2)c1)c1ccccc1. The lowest BCUT2D eigenvalue weighted by Crippen LogP contribution is -2.46. The van der Waals surface area contributed by atoms with Gasteiger partial charge in [0.1, 0.15) is 12.4 Å². The quantitative estimate of drug-likeness (QED) is 0.863. The first-order chi connectivity index (χ1) is 9.90. The standard InChI is InChI=1S/C17H16N2O/c1-2-4-14(5-3-1)6-7-15-10-17(12-18-11-15)20-13-16-8-9-19-16/h1-5,10-12,16,19H,8-9,13H2. The van der Waals surface area contributed by atoms with Crippen molar-refractivity contribution in [3.05, 3.63) is 59.9 Å². The van der Waals surface area contributed by atoms with E-state index in [1.165, 1.54) is 6.42 Å². The van der Waals surface area contributed by atoms with Crippen LogP contribution in [-0.2, 0) is 0 Å². The molecule has 1 atom stereocenters. The zero-order chi connectivity index (χ0) is 13.6. The van der Waals surface area contributed by atoms with E-state index in [9.17, 15) is 0 Å². The van der Waals surface area contributed by atoms with Crippen LogP contribution >= 0.6 is 0 Å². The van der Waals surface area contributed by atoms with E-state index in [2.05, 4.69) is 22.1 Å². The molecule has 1 aliphatic rings. The molecule has 0 saturated carbocycles. The molecule has 1 aromatic heterocycles. The minimum absolute atomic E-state index is 0.481. The fraction of sp³-hybridized carbons (Fsp3) is 0.235. The Kier molecular flexibility index (Phi) is 3.96. The molecule has 100 valence electrons. The number of nitrogens with one attached hydrogen (secondary N) is 1. The van der Waals surface area contributed by atoms with Crippen LogP contribution in [0.15, 0.2) is 48.8 Å². The van der Waals surface area contributed by atoms with Crippen molar-refractivity contribution in [2.24, 2.45) is 0 Å². The Bertz CT molecular complexity index is 624. The maximum absolute atomic E-state index is 5.71. The summed E-state index contributed by atoms with van der Waals surface area (Å²) >= 11 is 0. The topological polar surface area (TPSA) is 34.1 Å². The third kappa shape index (κ3) is 3.37. The summed E-state index contributed by atoms with van der Waals surface area (Å²) in [5.74, 6) is 7.00. The van der Waals surface area contributed by atoms with Crippen molar-refractivity contribution in [2.75, 3.05) is 13.2 Å². The van der Waals surface area contributed by atoms with Gasteiger partial charge in [0.25, 0.3) is 0 Å². The minimum Gasteiger partial charge on any atom is -0.490 e. The molecular weight excluding hydrogens is 248 g/mol. The second kappa shape index (κ2) is 6.23. The van der Waals surface area contributed by atoms with E-state index in [-0.39, 0.29) is 0 Å². The summed E-state index contributed by atoms with van der Waals surface area (Å²) in [6.45, 7) is 1.78. The summed E-state index contributed by atoms with van der Waals surface area (Å²) in [6, 6.07) is 12.3. The Balaban J connectivity index is 1.66. The Morgan fingerprint density at radius 3 is 2.70 bits per heavy atom. The molecule has 0 radical (unpaired) electrons. The zero-order valence-electron chi connectivity index (χ0n) is 11.2. The molecule has 1 aromatic carbocycles. The summed E-state index contributed by atoms with van der Waals surface area (Å²) in [5, 5.41) is 3.30. The van der Waals surface area contributed by atoms with Crippen LogP contribution in [-0.4, -0.2) is 24.2 Å². The third-order valence-corrected chi connectivity index (χ3v) is 3.22. The molecule has 0 spiro atoms. The molecule has 2 aromatic rings. The number of pyridine rings is 1. The molecule has 1 N–H and O–H groups in total. The van der Waals surface area contributed by atoms with Crippen LogP contribution in [0.1, 0.15) is 17.5 Å². The minimum atomic E-state index is 0.481. The molecule has 3 heteroatoms. The fourth-order valence-electron chi connectivity index (χ4n) is 1.92. The van der Waals surface area contributed by atoms with E-state index in [1.54, 1.807) is 12.4 Å². The molecular formula is C17H16N2O. The molecule has 3 rings (SSSR count). The number of hydrogen-bond acceptors (Lipinski definition) is 3. The molecule has 1 aliphatic heterocycles. The van der Waals surface area contributed by atoms with Crippen molar-refractivity contribution < 1.29 is 4.74 Å². The highest BCUT2D eigenvalue weighted by Gasteiger charge is 2.16. The summed E-state index contributed by atoms with van der Waals surface area (Å²) in [6.07, 6.45) is 4.66. The van der Waals surface area contributed by atoms with Gasteiger partial charge in [-0.3, -0.25) is 4.98 Å². The van der Waals surface area contributed by atoms with E-state index >= 15 is 0 Å². The Hall–Kier alpha value is -2.31. The first kappa shape index (κ1) is 12.7. The van der Waals surface area contributed by atoms with Gasteiger partial charge in [-0.15, -0.1) is 0 Å². The average Bonchev–Trinajstić information content (AvgIpc) is 2.45.